The Balaban J connectivity index is 1.70. The number of rotatable bonds is 7. The lowest BCUT2D eigenvalue weighted by atomic mass is 9.97. The van der Waals surface area contributed by atoms with E-state index in [1.54, 1.807) is 48.5 Å². The number of alkyl carbamates (subject to hydrolysis) is 1. The van der Waals surface area contributed by atoms with Crippen LogP contribution in [0.3, 0.4) is 0 Å². The van der Waals surface area contributed by atoms with Gasteiger partial charge in [-0.2, -0.15) is 0 Å². The third-order valence-electron chi connectivity index (χ3n) is 4.26. The van der Waals surface area contributed by atoms with Crippen LogP contribution in [-0.4, -0.2) is 23.0 Å². The average Bonchev–Trinajstić information content (AvgIpc) is 2.74. The molecule has 2 N–H and O–H groups in total. The van der Waals surface area contributed by atoms with Gasteiger partial charge in [0.2, 0.25) is 0 Å². The van der Waals surface area contributed by atoms with E-state index in [1.165, 1.54) is 0 Å². The Bertz CT molecular complexity index is 908. The molecule has 0 bridgehead atoms. The van der Waals surface area contributed by atoms with Gasteiger partial charge in [0.25, 0.3) is 0 Å². The van der Waals surface area contributed by atoms with Crippen molar-refractivity contribution in [2.24, 2.45) is 0 Å². The second-order valence-corrected chi connectivity index (χ2v) is 6.36. The summed E-state index contributed by atoms with van der Waals surface area (Å²) in [6.45, 7) is 0.123. The largest absolute Gasteiger partial charge is 0.508 e. The van der Waals surface area contributed by atoms with E-state index in [9.17, 15) is 14.7 Å². The van der Waals surface area contributed by atoms with Gasteiger partial charge < -0.3 is 15.2 Å². The summed E-state index contributed by atoms with van der Waals surface area (Å²) >= 11 is 0. The molecule has 3 rings (SSSR count). The van der Waals surface area contributed by atoms with Crippen LogP contribution in [0.2, 0.25) is 0 Å². The van der Waals surface area contributed by atoms with E-state index in [0.717, 1.165) is 11.1 Å². The van der Waals surface area contributed by atoms with Crippen molar-refractivity contribution >= 4 is 11.9 Å². The Kier molecular flexibility index (Phi) is 6.41. The minimum atomic E-state index is -0.782. The van der Waals surface area contributed by atoms with Crippen LogP contribution in [0.4, 0.5) is 4.79 Å². The SMILES string of the molecule is O=C(N[C@@H](Cc1ccc(O)cc1)C(=O)c1ccccc1)OCc1ccccc1. The summed E-state index contributed by atoms with van der Waals surface area (Å²) in [5.41, 5.74) is 2.19. The van der Waals surface area contributed by atoms with E-state index >= 15 is 0 Å². The maximum Gasteiger partial charge on any atom is 0.408 e. The van der Waals surface area contributed by atoms with Crippen LogP contribution < -0.4 is 5.32 Å². The fourth-order valence-corrected chi connectivity index (χ4v) is 2.79. The summed E-state index contributed by atoms with van der Waals surface area (Å²) in [7, 11) is 0. The van der Waals surface area contributed by atoms with E-state index in [0.29, 0.717) is 5.56 Å². The molecule has 0 saturated carbocycles. The van der Waals surface area contributed by atoms with Crippen LogP contribution in [0.5, 0.6) is 5.75 Å². The van der Waals surface area contributed by atoms with Crippen LogP contribution in [0, 0.1) is 0 Å². The molecule has 0 aliphatic carbocycles. The highest BCUT2D eigenvalue weighted by atomic mass is 16.5. The molecule has 0 spiro atoms. The Morgan fingerprint density at radius 3 is 2.07 bits per heavy atom. The summed E-state index contributed by atoms with van der Waals surface area (Å²) < 4.78 is 5.26. The summed E-state index contributed by atoms with van der Waals surface area (Å²) in [4.78, 5) is 25.2. The molecule has 5 heteroatoms. The zero-order valence-electron chi connectivity index (χ0n) is 15.2. The average molecular weight is 375 g/mol. The number of ether oxygens (including phenoxy) is 1. The number of nitrogens with one attached hydrogen (secondary N) is 1. The van der Waals surface area contributed by atoms with Gasteiger partial charge in [-0.25, -0.2) is 4.79 Å². The van der Waals surface area contributed by atoms with Gasteiger partial charge in [0.05, 0.1) is 6.04 Å². The van der Waals surface area contributed by atoms with Crippen molar-refractivity contribution < 1.29 is 19.4 Å². The van der Waals surface area contributed by atoms with Crippen molar-refractivity contribution in [2.45, 2.75) is 19.1 Å². The first-order valence-corrected chi connectivity index (χ1v) is 8.96. The molecule has 142 valence electrons. The topological polar surface area (TPSA) is 75.6 Å². The molecular formula is C23H21NO4. The van der Waals surface area contributed by atoms with Gasteiger partial charge in [0.1, 0.15) is 12.4 Å². The zero-order valence-corrected chi connectivity index (χ0v) is 15.2. The van der Waals surface area contributed by atoms with E-state index in [-0.39, 0.29) is 24.6 Å². The summed E-state index contributed by atoms with van der Waals surface area (Å²) in [5.74, 6) is -0.0600. The molecule has 3 aromatic rings. The highest BCUT2D eigenvalue weighted by molar-refractivity contribution is 6.01. The number of aromatic hydroxyl groups is 1. The zero-order chi connectivity index (χ0) is 19.8. The van der Waals surface area contributed by atoms with Crippen LogP contribution in [0.1, 0.15) is 21.5 Å². The van der Waals surface area contributed by atoms with Crippen LogP contribution in [-0.2, 0) is 17.8 Å². The fourth-order valence-electron chi connectivity index (χ4n) is 2.79. The molecule has 0 aromatic heterocycles. The van der Waals surface area contributed by atoms with Crippen molar-refractivity contribution in [1.29, 1.82) is 0 Å². The molecule has 1 atom stereocenters. The third kappa shape index (κ3) is 5.45. The van der Waals surface area contributed by atoms with Gasteiger partial charge in [-0.1, -0.05) is 72.8 Å². The smallest absolute Gasteiger partial charge is 0.408 e. The van der Waals surface area contributed by atoms with Gasteiger partial charge in [-0.05, 0) is 23.3 Å². The molecule has 3 aromatic carbocycles. The Hall–Kier alpha value is -3.60. The Labute approximate surface area is 163 Å². The predicted molar refractivity (Wildman–Crippen MR) is 106 cm³/mol. The molecule has 5 nitrogen and oxygen atoms in total. The number of amides is 1. The maximum atomic E-state index is 12.9. The highest BCUT2D eigenvalue weighted by Crippen LogP contribution is 2.14. The highest BCUT2D eigenvalue weighted by Gasteiger charge is 2.23. The molecule has 0 aliphatic rings. The van der Waals surface area contributed by atoms with Gasteiger partial charge in [0.15, 0.2) is 5.78 Å². The number of hydrogen-bond acceptors (Lipinski definition) is 4. The quantitative estimate of drug-likeness (QED) is 0.609. The molecule has 0 radical (unpaired) electrons. The number of Topliss-reactive ketones (excluding diaryl/α,β-unsaturated/α-hetero) is 1. The van der Waals surface area contributed by atoms with E-state index < -0.39 is 12.1 Å². The van der Waals surface area contributed by atoms with Crippen molar-refractivity contribution in [2.75, 3.05) is 0 Å². The van der Waals surface area contributed by atoms with Gasteiger partial charge >= 0.3 is 6.09 Å². The molecule has 0 heterocycles. The van der Waals surface area contributed by atoms with Gasteiger partial charge in [-0.3, -0.25) is 4.79 Å². The predicted octanol–water partition coefficient (Wildman–Crippen LogP) is 4.11. The lowest BCUT2D eigenvalue weighted by molar-refractivity contribution is 0.0916. The monoisotopic (exact) mass is 375 g/mol. The number of benzene rings is 3. The van der Waals surface area contributed by atoms with Gasteiger partial charge in [-0.15, -0.1) is 0 Å². The molecular weight excluding hydrogens is 354 g/mol. The number of hydrogen-bond donors (Lipinski definition) is 2. The van der Waals surface area contributed by atoms with Crippen molar-refractivity contribution in [3.8, 4) is 5.75 Å². The number of carbonyl (C=O) groups excluding carboxylic acids is 2. The standard InChI is InChI=1S/C23H21NO4/c25-20-13-11-17(12-14-20)15-21(22(26)19-9-5-2-6-10-19)24-23(27)28-16-18-7-3-1-4-8-18/h1-14,21,25H,15-16H2,(H,24,27)/t21-/m0/s1. The second kappa shape index (κ2) is 9.37. The van der Waals surface area contributed by atoms with Crippen molar-refractivity contribution in [1.82, 2.24) is 5.32 Å². The Morgan fingerprint density at radius 2 is 1.43 bits per heavy atom. The van der Waals surface area contributed by atoms with Crippen LogP contribution in [0.15, 0.2) is 84.9 Å². The first-order valence-electron chi connectivity index (χ1n) is 8.96. The van der Waals surface area contributed by atoms with Gasteiger partial charge in [0, 0.05) is 12.0 Å². The minimum absolute atomic E-state index is 0.123. The lowest BCUT2D eigenvalue weighted by Gasteiger charge is -2.18. The van der Waals surface area contributed by atoms with E-state index in [1.807, 2.05) is 36.4 Å². The third-order valence-corrected chi connectivity index (χ3v) is 4.26. The first kappa shape index (κ1) is 19.2. The lowest BCUT2D eigenvalue weighted by Crippen LogP contribution is -2.42. The minimum Gasteiger partial charge on any atom is -0.508 e. The molecule has 0 aliphatic heterocycles. The number of carbonyl (C=O) groups is 2. The van der Waals surface area contributed by atoms with Crippen molar-refractivity contribution in [3.05, 3.63) is 102 Å². The second-order valence-electron chi connectivity index (χ2n) is 6.36. The molecule has 1 amide bonds. The Morgan fingerprint density at radius 1 is 0.821 bits per heavy atom. The molecule has 0 fully saturated rings. The summed E-state index contributed by atoms with van der Waals surface area (Å²) in [6.07, 6.45) is -0.369. The number of ketones is 1. The number of phenolic OH excluding ortho intramolecular Hbond substituents is 1. The number of phenols is 1. The molecule has 0 saturated heterocycles. The fraction of sp³-hybridized carbons (Fsp3) is 0.130. The first-order chi connectivity index (χ1) is 13.6. The maximum absolute atomic E-state index is 12.9. The van der Waals surface area contributed by atoms with Crippen molar-refractivity contribution in [3.63, 3.8) is 0 Å². The normalized spacial score (nSPS) is 11.4. The van der Waals surface area contributed by atoms with Crippen LogP contribution >= 0.6 is 0 Å². The van der Waals surface area contributed by atoms with Crippen LogP contribution in [0.25, 0.3) is 0 Å². The van der Waals surface area contributed by atoms with E-state index in [2.05, 4.69) is 5.32 Å². The van der Waals surface area contributed by atoms with E-state index in [4.69, 9.17) is 4.74 Å². The molecule has 28 heavy (non-hydrogen) atoms. The molecule has 0 unspecified atom stereocenters. The summed E-state index contributed by atoms with van der Waals surface area (Å²) in [6, 6.07) is 23.9. The summed E-state index contributed by atoms with van der Waals surface area (Å²) in [5, 5.41) is 12.1.